The van der Waals surface area contributed by atoms with Gasteiger partial charge >= 0.3 is 6.18 Å². The Morgan fingerprint density at radius 3 is 2.13 bits per heavy atom. The average molecular weight is 670 g/mol. The number of nitrogens with one attached hydrogen (secondary N) is 2. The number of carbonyl (C=O) groups is 1. The fraction of sp³-hybridized carbons (Fsp3) is 0.194. The number of halogens is 5. The zero-order chi connectivity index (χ0) is 31.7. The van der Waals surface area contributed by atoms with Crippen LogP contribution in [0.15, 0.2) is 126 Å². The van der Waals surface area contributed by atoms with Crippen molar-refractivity contribution in [1.29, 1.82) is 0 Å². The number of benzene rings is 4. The van der Waals surface area contributed by atoms with Crippen LogP contribution in [0.4, 0.5) is 18.9 Å². The van der Waals surface area contributed by atoms with E-state index in [1.54, 1.807) is 36.4 Å². The SMILES string of the molecule is Cl.O=C(Nc1cccc(OCCCNCC(Cc2cccc(C(F)(F)F)c2Cl)(c2ccccc2)c2ccccc2)c1)c1ccco1. The summed E-state index contributed by atoms with van der Waals surface area (Å²) in [5, 5.41) is 6.04. The van der Waals surface area contributed by atoms with Gasteiger partial charge in [0.2, 0.25) is 0 Å². The summed E-state index contributed by atoms with van der Waals surface area (Å²) in [5.41, 5.74) is 1.37. The van der Waals surface area contributed by atoms with Gasteiger partial charge in [0.25, 0.3) is 5.91 Å². The van der Waals surface area contributed by atoms with E-state index in [1.807, 2.05) is 66.7 Å². The van der Waals surface area contributed by atoms with Crippen molar-refractivity contribution in [1.82, 2.24) is 5.32 Å². The molecule has 0 fully saturated rings. The van der Waals surface area contributed by atoms with E-state index in [9.17, 15) is 18.0 Å². The lowest BCUT2D eigenvalue weighted by atomic mass is 9.70. The molecule has 0 radical (unpaired) electrons. The monoisotopic (exact) mass is 668 g/mol. The van der Waals surface area contributed by atoms with E-state index in [2.05, 4.69) is 10.6 Å². The molecule has 0 saturated carbocycles. The van der Waals surface area contributed by atoms with Crippen molar-refractivity contribution in [2.24, 2.45) is 0 Å². The van der Waals surface area contributed by atoms with Crippen LogP contribution in [0.3, 0.4) is 0 Å². The van der Waals surface area contributed by atoms with Crippen molar-refractivity contribution in [3.8, 4) is 5.75 Å². The Labute approximate surface area is 277 Å². The fourth-order valence-electron chi connectivity index (χ4n) is 5.37. The van der Waals surface area contributed by atoms with E-state index < -0.39 is 17.2 Å². The van der Waals surface area contributed by atoms with Crippen LogP contribution in [-0.4, -0.2) is 25.6 Å². The molecule has 46 heavy (non-hydrogen) atoms. The first kappa shape index (κ1) is 34.6. The van der Waals surface area contributed by atoms with Crippen molar-refractivity contribution in [2.75, 3.05) is 25.0 Å². The predicted octanol–water partition coefficient (Wildman–Crippen LogP) is 9.21. The highest BCUT2D eigenvalue weighted by molar-refractivity contribution is 6.32. The average Bonchev–Trinajstić information content (AvgIpc) is 3.59. The molecule has 5 aromatic rings. The molecule has 0 aliphatic rings. The standard InChI is InChI=1S/C36H32ClF3N2O3.ClH/c37-33-26(11-7-18-31(33)36(38,39)40)24-35(27-12-3-1-4-13-27,28-14-5-2-6-15-28)25-41-20-10-22-44-30-17-8-16-29(23-30)42-34(43)32-19-9-21-45-32;/h1-9,11-19,21,23,41H,10,20,22,24-25H2,(H,42,43);1H. The molecule has 0 bridgehead atoms. The molecule has 10 heteroatoms. The first-order valence-corrected chi connectivity index (χ1v) is 14.9. The predicted molar refractivity (Wildman–Crippen MR) is 177 cm³/mol. The van der Waals surface area contributed by atoms with Crippen molar-refractivity contribution in [3.63, 3.8) is 0 Å². The van der Waals surface area contributed by atoms with Gasteiger partial charge in [-0.3, -0.25) is 4.79 Å². The van der Waals surface area contributed by atoms with Crippen LogP contribution >= 0.6 is 24.0 Å². The number of anilines is 1. The molecule has 0 unspecified atom stereocenters. The minimum atomic E-state index is -4.56. The lowest BCUT2D eigenvalue weighted by Gasteiger charge is -2.36. The first-order valence-electron chi connectivity index (χ1n) is 14.5. The van der Waals surface area contributed by atoms with Crippen molar-refractivity contribution in [3.05, 3.63) is 155 Å². The smallest absolute Gasteiger partial charge is 0.417 e. The van der Waals surface area contributed by atoms with Gasteiger partial charge in [0.15, 0.2) is 5.76 Å². The summed E-state index contributed by atoms with van der Waals surface area (Å²) in [6, 6.07) is 34.0. The largest absolute Gasteiger partial charge is 0.493 e. The Hall–Kier alpha value is -4.24. The second-order valence-electron chi connectivity index (χ2n) is 10.6. The molecule has 0 spiro atoms. The summed E-state index contributed by atoms with van der Waals surface area (Å²) >= 11 is 6.42. The molecule has 240 valence electrons. The normalized spacial score (nSPS) is 11.5. The second-order valence-corrected chi connectivity index (χ2v) is 11.0. The highest BCUT2D eigenvalue weighted by Crippen LogP contribution is 2.41. The zero-order valence-electron chi connectivity index (χ0n) is 24.7. The van der Waals surface area contributed by atoms with Crippen molar-refractivity contribution >= 4 is 35.6 Å². The molecule has 1 heterocycles. The Balaban J connectivity index is 0.00000480. The van der Waals surface area contributed by atoms with Crippen LogP contribution in [0.5, 0.6) is 5.75 Å². The quantitative estimate of drug-likeness (QED) is 0.123. The molecule has 0 aliphatic carbocycles. The third kappa shape index (κ3) is 8.51. The number of furan rings is 1. The molecule has 2 N–H and O–H groups in total. The van der Waals surface area contributed by atoms with Gasteiger partial charge in [-0.1, -0.05) is 90.5 Å². The Morgan fingerprint density at radius 2 is 1.50 bits per heavy atom. The molecule has 1 aromatic heterocycles. The number of alkyl halides is 3. The Morgan fingerprint density at radius 1 is 0.826 bits per heavy atom. The third-order valence-corrected chi connectivity index (χ3v) is 8.01. The van der Waals surface area contributed by atoms with Crippen LogP contribution in [0.2, 0.25) is 5.02 Å². The summed E-state index contributed by atoms with van der Waals surface area (Å²) in [5.74, 6) is 0.465. The van der Waals surface area contributed by atoms with Gasteiger partial charge < -0.3 is 19.8 Å². The number of carbonyl (C=O) groups excluding carboxylic acids is 1. The van der Waals surface area contributed by atoms with Gasteiger partial charge in [0.1, 0.15) is 5.75 Å². The molecule has 1 amide bonds. The third-order valence-electron chi connectivity index (χ3n) is 7.56. The zero-order valence-corrected chi connectivity index (χ0v) is 26.3. The molecule has 0 saturated heterocycles. The van der Waals surface area contributed by atoms with Gasteiger partial charge in [0.05, 0.1) is 23.5 Å². The van der Waals surface area contributed by atoms with Gasteiger partial charge in [0, 0.05) is 23.7 Å². The van der Waals surface area contributed by atoms with Crippen LogP contribution in [0.25, 0.3) is 0 Å². The molecular formula is C36H33Cl2F3N2O3. The van der Waals surface area contributed by atoms with Crippen LogP contribution in [0.1, 0.15) is 39.2 Å². The number of hydrogen-bond donors (Lipinski definition) is 2. The Bertz CT molecular complexity index is 1640. The first-order chi connectivity index (χ1) is 21.8. The molecule has 5 rings (SSSR count). The maximum absolute atomic E-state index is 13.8. The number of amides is 1. The topological polar surface area (TPSA) is 63.5 Å². The molecular weight excluding hydrogens is 636 g/mol. The van der Waals surface area contributed by atoms with Crippen molar-refractivity contribution < 1.29 is 27.1 Å². The molecule has 0 aliphatic heterocycles. The van der Waals surface area contributed by atoms with Gasteiger partial charge in [-0.2, -0.15) is 13.2 Å². The number of hydrogen-bond acceptors (Lipinski definition) is 4. The highest BCUT2D eigenvalue weighted by atomic mass is 35.5. The van der Waals surface area contributed by atoms with E-state index in [-0.39, 0.29) is 35.5 Å². The summed E-state index contributed by atoms with van der Waals surface area (Å²) in [7, 11) is 0. The van der Waals surface area contributed by atoms with E-state index in [0.717, 1.165) is 17.2 Å². The summed E-state index contributed by atoms with van der Waals surface area (Å²) < 4.78 is 52.3. The lowest BCUT2D eigenvalue weighted by Crippen LogP contribution is -2.42. The van der Waals surface area contributed by atoms with Crippen molar-refractivity contribution in [2.45, 2.75) is 24.4 Å². The van der Waals surface area contributed by atoms with E-state index in [0.29, 0.717) is 43.1 Å². The minimum Gasteiger partial charge on any atom is -0.493 e. The van der Waals surface area contributed by atoms with Gasteiger partial charge in [-0.05, 0) is 66.4 Å². The maximum atomic E-state index is 13.8. The maximum Gasteiger partial charge on any atom is 0.417 e. The number of rotatable bonds is 13. The molecule has 4 aromatic carbocycles. The van der Waals surface area contributed by atoms with Gasteiger partial charge in [-0.15, -0.1) is 12.4 Å². The lowest BCUT2D eigenvalue weighted by molar-refractivity contribution is -0.137. The Kier molecular flexibility index (Phi) is 11.9. The molecule has 0 atom stereocenters. The summed E-state index contributed by atoms with van der Waals surface area (Å²) in [4.78, 5) is 12.3. The van der Waals surface area contributed by atoms with E-state index >= 15 is 0 Å². The van der Waals surface area contributed by atoms with Crippen LogP contribution < -0.4 is 15.4 Å². The number of ether oxygens (including phenoxy) is 1. The fourth-order valence-corrected chi connectivity index (χ4v) is 5.67. The highest BCUT2D eigenvalue weighted by Gasteiger charge is 2.38. The van der Waals surface area contributed by atoms with E-state index in [1.165, 1.54) is 12.3 Å². The van der Waals surface area contributed by atoms with Crippen LogP contribution in [0, 0.1) is 0 Å². The molecule has 5 nitrogen and oxygen atoms in total. The minimum absolute atomic E-state index is 0. The summed E-state index contributed by atoms with van der Waals surface area (Å²) in [6.45, 7) is 1.44. The second kappa shape index (κ2) is 15.9. The van der Waals surface area contributed by atoms with Gasteiger partial charge in [-0.25, -0.2) is 0 Å². The summed E-state index contributed by atoms with van der Waals surface area (Å²) in [6.07, 6.45) is -2.21. The van der Waals surface area contributed by atoms with E-state index in [4.69, 9.17) is 20.8 Å². The van der Waals surface area contributed by atoms with Crippen LogP contribution in [-0.2, 0) is 18.0 Å².